The van der Waals surface area contributed by atoms with E-state index in [1.807, 2.05) is 25.1 Å². The maximum absolute atomic E-state index is 13.0. The summed E-state index contributed by atoms with van der Waals surface area (Å²) in [5, 5.41) is 11.8. The van der Waals surface area contributed by atoms with Crippen molar-refractivity contribution >= 4 is 44.2 Å². The predicted octanol–water partition coefficient (Wildman–Crippen LogP) is 4.61. The summed E-state index contributed by atoms with van der Waals surface area (Å²) in [4.78, 5) is 25.1. The summed E-state index contributed by atoms with van der Waals surface area (Å²) in [5.74, 6) is 0.0803. The molecule has 2 aromatic carbocycles. The molecule has 0 unspecified atom stereocenters. The van der Waals surface area contributed by atoms with E-state index in [4.69, 9.17) is 4.42 Å². The van der Waals surface area contributed by atoms with Crippen molar-refractivity contribution in [2.45, 2.75) is 13.3 Å². The topological polar surface area (TPSA) is 76.6 Å². The molecule has 7 heteroatoms. The molecule has 0 fully saturated rings. The van der Waals surface area contributed by atoms with Gasteiger partial charge in [-0.15, -0.1) is 0 Å². The fourth-order valence-corrected chi connectivity index (χ4v) is 3.59. The number of benzene rings is 2. The highest BCUT2D eigenvalue weighted by Crippen LogP contribution is 2.34. The molecule has 3 aromatic rings. The number of hydrogen-bond acceptors (Lipinski definition) is 4. The van der Waals surface area contributed by atoms with Crippen LogP contribution in [0.3, 0.4) is 0 Å². The summed E-state index contributed by atoms with van der Waals surface area (Å²) < 4.78 is 6.70. The van der Waals surface area contributed by atoms with Crippen molar-refractivity contribution in [3.63, 3.8) is 0 Å². The fraction of sp³-hybridized carbons (Fsp3) is 0.167. The van der Waals surface area contributed by atoms with E-state index < -0.39 is 4.92 Å². The van der Waals surface area contributed by atoms with Crippen LogP contribution in [0.5, 0.6) is 0 Å². The molecule has 1 aromatic heterocycles. The van der Waals surface area contributed by atoms with E-state index in [2.05, 4.69) is 15.9 Å². The number of carbonyl (C=O) groups excluding carboxylic acids is 1. The van der Waals surface area contributed by atoms with Crippen LogP contribution in [0.2, 0.25) is 0 Å². The normalized spacial score (nSPS) is 13.3. The van der Waals surface area contributed by atoms with E-state index in [1.165, 1.54) is 12.1 Å². The third kappa shape index (κ3) is 2.51. The molecule has 0 spiro atoms. The van der Waals surface area contributed by atoms with Gasteiger partial charge in [0.05, 0.1) is 4.92 Å². The molecule has 0 saturated carbocycles. The molecule has 0 atom stereocenters. The monoisotopic (exact) mass is 400 g/mol. The Bertz CT molecular complexity index is 1040. The summed E-state index contributed by atoms with van der Waals surface area (Å²) in [6, 6.07) is 10.2. The van der Waals surface area contributed by atoms with Gasteiger partial charge in [-0.2, -0.15) is 0 Å². The minimum absolute atomic E-state index is 0.0396. The van der Waals surface area contributed by atoms with Gasteiger partial charge < -0.3 is 9.32 Å². The zero-order valence-corrected chi connectivity index (χ0v) is 14.9. The van der Waals surface area contributed by atoms with Crippen LogP contribution in [-0.2, 0) is 6.42 Å². The highest BCUT2D eigenvalue weighted by atomic mass is 79.9. The minimum atomic E-state index is -0.425. The van der Waals surface area contributed by atoms with Crippen LogP contribution >= 0.6 is 15.9 Å². The maximum Gasteiger partial charge on any atom is 0.294 e. The van der Waals surface area contributed by atoms with Crippen LogP contribution in [0.1, 0.15) is 21.7 Å². The lowest BCUT2D eigenvalue weighted by atomic mass is 10.1. The zero-order valence-electron chi connectivity index (χ0n) is 13.3. The van der Waals surface area contributed by atoms with Crippen molar-refractivity contribution in [1.29, 1.82) is 0 Å². The number of anilines is 1. The van der Waals surface area contributed by atoms with Crippen LogP contribution in [0.4, 0.5) is 11.4 Å². The standard InChI is InChI=1S/C18H13BrN2O4/c1-10-14-9-12(19)2-5-16(14)25-17(10)18(22)20-7-6-11-8-13(21(23)24)3-4-15(11)20/h2-5,8-9H,6-7H2,1H3. The number of amides is 1. The molecule has 0 radical (unpaired) electrons. The van der Waals surface area contributed by atoms with Gasteiger partial charge in [0.25, 0.3) is 11.6 Å². The molecule has 2 heterocycles. The molecule has 0 bridgehead atoms. The number of aryl methyl sites for hydroxylation is 1. The van der Waals surface area contributed by atoms with Crippen LogP contribution in [0.15, 0.2) is 45.3 Å². The van der Waals surface area contributed by atoms with Gasteiger partial charge >= 0.3 is 0 Å². The summed E-state index contributed by atoms with van der Waals surface area (Å²) in [7, 11) is 0. The number of nitro groups is 1. The summed E-state index contributed by atoms with van der Waals surface area (Å²) in [6.45, 7) is 2.34. The second kappa shape index (κ2) is 5.70. The van der Waals surface area contributed by atoms with Crippen molar-refractivity contribution in [3.05, 3.63) is 67.9 Å². The van der Waals surface area contributed by atoms with Gasteiger partial charge in [0.2, 0.25) is 0 Å². The van der Waals surface area contributed by atoms with Crippen molar-refractivity contribution in [2.24, 2.45) is 0 Å². The van der Waals surface area contributed by atoms with E-state index in [1.54, 1.807) is 11.0 Å². The van der Waals surface area contributed by atoms with Gasteiger partial charge in [-0.05, 0) is 43.2 Å². The number of hydrogen-bond donors (Lipinski definition) is 0. The highest BCUT2D eigenvalue weighted by Gasteiger charge is 2.30. The second-order valence-corrected chi connectivity index (χ2v) is 6.89. The molecule has 1 aliphatic heterocycles. The maximum atomic E-state index is 13.0. The summed E-state index contributed by atoms with van der Waals surface area (Å²) in [6.07, 6.45) is 0.591. The van der Waals surface area contributed by atoms with E-state index in [9.17, 15) is 14.9 Å². The number of carbonyl (C=O) groups is 1. The molecular weight excluding hydrogens is 388 g/mol. The Hall–Kier alpha value is -2.67. The van der Waals surface area contributed by atoms with Crippen molar-refractivity contribution in [3.8, 4) is 0 Å². The molecule has 0 saturated heterocycles. The van der Waals surface area contributed by atoms with Gasteiger partial charge in [0.1, 0.15) is 5.58 Å². The number of nitrogens with zero attached hydrogens (tertiary/aromatic N) is 2. The Balaban J connectivity index is 1.74. The van der Waals surface area contributed by atoms with E-state index in [-0.39, 0.29) is 11.6 Å². The summed E-state index contributed by atoms with van der Waals surface area (Å²) >= 11 is 3.43. The molecule has 4 rings (SSSR count). The lowest BCUT2D eigenvalue weighted by molar-refractivity contribution is -0.384. The molecule has 1 aliphatic rings. The Morgan fingerprint density at radius 2 is 2.08 bits per heavy atom. The van der Waals surface area contributed by atoms with Crippen molar-refractivity contribution < 1.29 is 14.1 Å². The second-order valence-electron chi connectivity index (χ2n) is 5.97. The van der Waals surface area contributed by atoms with Crippen LogP contribution < -0.4 is 4.90 Å². The molecular formula is C18H13BrN2O4. The average Bonchev–Trinajstić information content (AvgIpc) is 3.15. The van der Waals surface area contributed by atoms with Crippen molar-refractivity contribution in [2.75, 3.05) is 11.4 Å². The number of non-ortho nitro benzene ring substituents is 1. The van der Waals surface area contributed by atoms with Crippen LogP contribution in [-0.4, -0.2) is 17.4 Å². The molecule has 6 nitrogen and oxygen atoms in total. The first-order valence-electron chi connectivity index (χ1n) is 7.73. The van der Waals surface area contributed by atoms with Crippen LogP contribution in [0.25, 0.3) is 11.0 Å². The number of nitro benzene ring substituents is 1. The molecule has 0 N–H and O–H groups in total. The van der Waals surface area contributed by atoms with Gasteiger partial charge in [-0.1, -0.05) is 15.9 Å². The quantitative estimate of drug-likeness (QED) is 0.464. The number of rotatable bonds is 2. The van der Waals surface area contributed by atoms with Gasteiger partial charge in [0.15, 0.2) is 5.76 Å². The highest BCUT2D eigenvalue weighted by molar-refractivity contribution is 9.10. The van der Waals surface area contributed by atoms with E-state index >= 15 is 0 Å². The number of furan rings is 1. The van der Waals surface area contributed by atoms with E-state index in [0.29, 0.717) is 30.0 Å². The first kappa shape index (κ1) is 15.8. The smallest absolute Gasteiger partial charge is 0.294 e. The Kier molecular flexibility index (Phi) is 3.61. The average molecular weight is 401 g/mol. The molecule has 0 aliphatic carbocycles. The third-order valence-corrected chi connectivity index (χ3v) is 5.00. The Morgan fingerprint density at radius 1 is 1.28 bits per heavy atom. The molecule has 25 heavy (non-hydrogen) atoms. The first-order chi connectivity index (χ1) is 12.0. The third-order valence-electron chi connectivity index (χ3n) is 4.51. The SMILES string of the molecule is Cc1c(C(=O)N2CCc3cc([N+](=O)[O-])ccc32)oc2ccc(Br)cc12. The molecule has 1 amide bonds. The van der Waals surface area contributed by atoms with E-state index in [0.717, 1.165) is 21.0 Å². The lowest BCUT2D eigenvalue weighted by Crippen LogP contribution is -2.29. The predicted molar refractivity (Wildman–Crippen MR) is 97.1 cm³/mol. The number of halogens is 1. The largest absolute Gasteiger partial charge is 0.451 e. The van der Waals surface area contributed by atoms with Gasteiger partial charge in [0, 0.05) is 39.8 Å². The summed E-state index contributed by atoms with van der Waals surface area (Å²) in [5.41, 5.74) is 3.00. The van der Waals surface area contributed by atoms with Gasteiger partial charge in [-0.25, -0.2) is 0 Å². The lowest BCUT2D eigenvalue weighted by Gasteiger charge is -2.16. The Labute approximate surface area is 151 Å². The molecule has 126 valence electrons. The zero-order chi connectivity index (χ0) is 17.7. The Morgan fingerprint density at radius 3 is 2.84 bits per heavy atom. The minimum Gasteiger partial charge on any atom is -0.451 e. The van der Waals surface area contributed by atoms with Crippen molar-refractivity contribution in [1.82, 2.24) is 0 Å². The fourth-order valence-electron chi connectivity index (χ4n) is 3.23. The van der Waals surface area contributed by atoms with Gasteiger partial charge in [-0.3, -0.25) is 14.9 Å². The van der Waals surface area contributed by atoms with Crippen LogP contribution in [0, 0.1) is 17.0 Å². The number of fused-ring (bicyclic) bond motifs is 2. The first-order valence-corrected chi connectivity index (χ1v) is 8.53.